The lowest BCUT2D eigenvalue weighted by Gasteiger charge is -2.11. The summed E-state index contributed by atoms with van der Waals surface area (Å²) in [4.78, 5) is 1.35. The molecule has 1 aliphatic rings. The topological polar surface area (TPSA) is 0 Å². The molecule has 0 spiro atoms. The fraction of sp³-hybridized carbons (Fsp3) is 0.111. The Labute approximate surface area is 76.1 Å². The highest BCUT2D eigenvalue weighted by molar-refractivity contribution is 8.15. The molecule has 0 saturated heterocycles. The molecule has 0 unspecified atom stereocenters. The van der Waals surface area contributed by atoms with Gasteiger partial charge in [0.2, 0.25) is 0 Å². The van der Waals surface area contributed by atoms with Gasteiger partial charge in [0.25, 0.3) is 0 Å². The van der Waals surface area contributed by atoms with Crippen LogP contribution in [0.4, 0.5) is 0 Å². The maximum Gasteiger partial charge on any atom is 0.0382 e. The summed E-state index contributed by atoms with van der Waals surface area (Å²) in [5, 5.41) is 0. The van der Waals surface area contributed by atoms with Gasteiger partial charge in [-0.25, -0.2) is 0 Å². The average Bonchev–Trinajstić information content (AvgIpc) is 2.04. The Kier molecular flexibility index (Phi) is 1.96. The molecule has 0 nitrogen and oxygen atoms in total. The molecule has 2 rings (SSSR count). The first kappa shape index (κ1) is 7.32. The van der Waals surface area contributed by atoms with Crippen molar-refractivity contribution in [2.24, 2.45) is 0 Å². The van der Waals surface area contributed by atoms with E-state index in [-0.39, 0.29) is 0 Å². The molecule has 0 fully saturated rings. The summed E-state index contributed by atoms with van der Waals surface area (Å²) in [5.74, 6) is 0. The predicted molar refractivity (Wildman–Crippen MR) is 53.1 cm³/mol. The van der Waals surface area contributed by atoms with Gasteiger partial charge in [0.05, 0.1) is 0 Å². The second kappa shape index (κ2) is 2.95. The third-order valence-corrected chi connectivity index (χ3v) is 3.13. The Morgan fingerprint density at radius 3 is 3.00 bits per heavy atom. The van der Waals surface area contributed by atoms with E-state index in [2.05, 4.69) is 43.0 Å². The molecule has 0 aliphatic carbocycles. The van der Waals surface area contributed by atoms with Crippen molar-refractivity contribution < 1.29 is 0 Å². The second-order valence-corrected chi connectivity index (χ2v) is 4.32. The Bertz CT molecular complexity index is 302. The standard InChI is InChI=1S/C9H8S2/c10-9-6-5-7-3-1-2-4-8(7)11-9/h1-4,6,10H,5H2. The summed E-state index contributed by atoms with van der Waals surface area (Å²) >= 11 is 6.05. The molecule has 1 aromatic rings. The smallest absolute Gasteiger partial charge is 0.0382 e. The van der Waals surface area contributed by atoms with Crippen LogP contribution >= 0.6 is 24.4 Å². The summed E-state index contributed by atoms with van der Waals surface area (Å²) < 4.78 is 1.11. The van der Waals surface area contributed by atoms with Crippen molar-refractivity contribution in [2.45, 2.75) is 11.3 Å². The van der Waals surface area contributed by atoms with Gasteiger partial charge in [-0.15, -0.1) is 12.6 Å². The van der Waals surface area contributed by atoms with Crippen molar-refractivity contribution in [1.29, 1.82) is 0 Å². The zero-order valence-corrected chi connectivity index (χ0v) is 7.66. The summed E-state index contributed by atoms with van der Waals surface area (Å²) in [5.41, 5.74) is 1.41. The third-order valence-electron chi connectivity index (χ3n) is 1.68. The van der Waals surface area contributed by atoms with Crippen LogP contribution in [0.3, 0.4) is 0 Å². The minimum atomic E-state index is 1.03. The van der Waals surface area contributed by atoms with Gasteiger partial charge in [-0.2, -0.15) is 0 Å². The predicted octanol–water partition coefficient (Wildman–Crippen LogP) is 3.11. The zero-order chi connectivity index (χ0) is 7.68. The van der Waals surface area contributed by atoms with Crippen LogP contribution in [0.15, 0.2) is 39.5 Å². The van der Waals surface area contributed by atoms with E-state index in [1.807, 2.05) is 0 Å². The van der Waals surface area contributed by atoms with E-state index in [1.54, 1.807) is 11.8 Å². The molecule has 0 radical (unpaired) electrons. The third kappa shape index (κ3) is 1.47. The number of hydrogen-bond acceptors (Lipinski definition) is 2. The Balaban J connectivity index is 2.42. The highest BCUT2D eigenvalue weighted by Gasteiger charge is 2.07. The molecule has 11 heavy (non-hydrogen) atoms. The number of thiol groups is 1. The first-order chi connectivity index (χ1) is 5.36. The van der Waals surface area contributed by atoms with Crippen molar-refractivity contribution in [3.05, 3.63) is 40.1 Å². The van der Waals surface area contributed by atoms with Gasteiger partial charge in [-0.1, -0.05) is 36.0 Å². The van der Waals surface area contributed by atoms with Crippen molar-refractivity contribution >= 4 is 24.4 Å². The van der Waals surface area contributed by atoms with E-state index in [0.717, 1.165) is 10.7 Å². The maximum atomic E-state index is 4.31. The maximum absolute atomic E-state index is 4.31. The quantitative estimate of drug-likeness (QED) is 0.599. The molecular formula is C9H8S2. The zero-order valence-electron chi connectivity index (χ0n) is 5.95. The van der Waals surface area contributed by atoms with Crippen molar-refractivity contribution in [3.63, 3.8) is 0 Å². The van der Waals surface area contributed by atoms with E-state index in [4.69, 9.17) is 0 Å². The Morgan fingerprint density at radius 1 is 1.27 bits per heavy atom. The van der Waals surface area contributed by atoms with E-state index in [0.29, 0.717) is 0 Å². The highest BCUT2D eigenvalue weighted by Crippen LogP contribution is 2.35. The van der Waals surface area contributed by atoms with E-state index in [9.17, 15) is 0 Å². The van der Waals surface area contributed by atoms with Crippen LogP contribution in [0.25, 0.3) is 0 Å². The molecule has 1 aromatic carbocycles. The van der Waals surface area contributed by atoms with Gasteiger partial charge in [0.1, 0.15) is 0 Å². The van der Waals surface area contributed by atoms with Gasteiger partial charge in [-0.05, 0) is 18.1 Å². The lowest BCUT2D eigenvalue weighted by molar-refractivity contribution is 1.17. The second-order valence-electron chi connectivity index (χ2n) is 2.46. The van der Waals surface area contributed by atoms with E-state index in [1.165, 1.54) is 10.5 Å². The SMILES string of the molecule is SC1=CCc2ccccc2S1. The summed E-state index contributed by atoms with van der Waals surface area (Å²) in [6, 6.07) is 8.46. The summed E-state index contributed by atoms with van der Waals surface area (Å²) in [6.07, 6.45) is 3.18. The molecule has 56 valence electrons. The van der Waals surface area contributed by atoms with Crippen LogP contribution < -0.4 is 0 Å². The minimum absolute atomic E-state index is 1.03. The fourth-order valence-corrected chi connectivity index (χ4v) is 2.33. The van der Waals surface area contributed by atoms with Gasteiger partial charge in [0.15, 0.2) is 0 Å². The molecule has 0 aromatic heterocycles. The number of allylic oxidation sites excluding steroid dienone is 1. The molecule has 1 heterocycles. The van der Waals surface area contributed by atoms with Crippen LogP contribution in [-0.2, 0) is 6.42 Å². The lowest BCUT2D eigenvalue weighted by atomic mass is 10.1. The Morgan fingerprint density at radius 2 is 2.09 bits per heavy atom. The number of fused-ring (bicyclic) bond motifs is 1. The summed E-state index contributed by atoms with van der Waals surface area (Å²) in [6.45, 7) is 0. The molecular weight excluding hydrogens is 172 g/mol. The molecule has 0 atom stereocenters. The van der Waals surface area contributed by atoms with Crippen molar-refractivity contribution in [1.82, 2.24) is 0 Å². The number of thioether (sulfide) groups is 1. The van der Waals surface area contributed by atoms with Crippen LogP contribution in [0.1, 0.15) is 5.56 Å². The average molecular weight is 180 g/mol. The number of rotatable bonds is 0. The van der Waals surface area contributed by atoms with E-state index >= 15 is 0 Å². The summed E-state index contributed by atoms with van der Waals surface area (Å²) in [7, 11) is 0. The van der Waals surface area contributed by atoms with Gasteiger partial charge in [-0.3, -0.25) is 0 Å². The molecule has 2 heteroatoms. The van der Waals surface area contributed by atoms with Gasteiger partial charge < -0.3 is 0 Å². The van der Waals surface area contributed by atoms with Gasteiger partial charge in [0, 0.05) is 9.13 Å². The normalized spacial score (nSPS) is 15.5. The van der Waals surface area contributed by atoms with Crippen LogP contribution in [0.5, 0.6) is 0 Å². The van der Waals surface area contributed by atoms with Crippen LogP contribution in [0, 0.1) is 0 Å². The van der Waals surface area contributed by atoms with E-state index < -0.39 is 0 Å². The van der Waals surface area contributed by atoms with Crippen LogP contribution in [-0.4, -0.2) is 0 Å². The Hall–Kier alpha value is -0.340. The minimum Gasteiger partial charge on any atom is -0.137 e. The largest absolute Gasteiger partial charge is 0.137 e. The fourth-order valence-electron chi connectivity index (χ4n) is 1.12. The monoisotopic (exact) mass is 180 g/mol. The molecule has 0 N–H and O–H groups in total. The molecule has 0 bridgehead atoms. The number of hydrogen-bond donors (Lipinski definition) is 1. The van der Waals surface area contributed by atoms with Crippen molar-refractivity contribution in [3.8, 4) is 0 Å². The molecule has 1 aliphatic heterocycles. The van der Waals surface area contributed by atoms with Crippen molar-refractivity contribution in [2.75, 3.05) is 0 Å². The first-order valence-electron chi connectivity index (χ1n) is 3.51. The first-order valence-corrected chi connectivity index (χ1v) is 4.77. The lowest BCUT2D eigenvalue weighted by Crippen LogP contribution is -1.89. The molecule has 0 saturated carbocycles. The van der Waals surface area contributed by atoms with Crippen LogP contribution in [0.2, 0.25) is 0 Å². The van der Waals surface area contributed by atoms with Gasteiger partial charge >= 0.3 is 0 Å². The molecule has 0 amide bonds. The number of benzene rings is 1. The highest BCUT2D eigenvalue weighted by atomic mass is 32.2.